The molecule has 1 heterocycles. The van der Waals surface area contributed by atoms with Crippen molar-refractivity contribution >= 4 is 23.6 Å². The molecule has 38 heavy (non-hydrogen) atoms. The molecule has 0 aliphatic carbocycles. The first-order valence-corrected chi connectivity index (χ1v) is 12.5. The number of hydrogen-bond acceptors (Lipinski definition) is 5. The third kappa shape index (κ3) is 5.27. The van der Waals surface area contributed by atoms with Crippen LogP contribution in [0.2, 0.25) is 5.02 Å². The van der Waals surface area contributed by atoms with Gasteiger partial charge < -0.3 is 24.8 Å². The Hall–Kier alpha value is -3.78. The smallest absolute Gasteiger partial charge is 0.407 e. The van der Waals surface area contributed by atoms with Gasteiger partial charge in [-0.1, -0.05) is 41.9 Å². The molecule has 1 aliphatic heterocycles. The van der Waals surface area contributed by atoms with Crippen molar-refractivity contribution in [2.75, 3.05) is 20.7 Å². The van der Waals surface area contributed by atoms with E-state index in [4.69, 9.17) is 25.8 Å². The summed E-state index contributed by atoms with van der Waals surface area (Å²) in [7, 11) is 2.82. The average molecular weight is 541 g/mol. The Bertz CT molecular complexity index is 1370. The number of hydrogen-bond donors (Lipinski definition) is 2. The van der Waals surface area contributed by atoms with Crippen LogP contribution >= 0.6 is 11.6 Å². The highest BCUT2D eigenvalue weighted by Crippen LogP contribution is 2.49. The van der Waals surface area contributed by atoms with Crippen molar-refractivity contribution in [1.29, 1.82) is 0 Å². The van der Waals surface area contributed by atoms with Gasteiger partial charge in [-0.2, -0.15) is 0 Å². The number of rotatable bonds is 6. The topological polar surface area (TPSA) is 85.9 Å². The molecule has 3 aromatic rings. The van der Waals surface area contributed by atoms with Crippen molar-refractivity contribution in [3.8, 4) is 22.6 Å². The summed E-state index contributed by atoms with van der Waals surface area (Å²) in [6.07, 6.45) is -0.353. The highest BCUT2D eigenvalue weighted by atomic mass is 35.5. The number of ether oxygens (including phenoxy) is 3. The van der Waals surface area contributed by atoms with Gasteiger partial charge >= 0.3 is 6.09 Å². The van der Waals surface area contributed by atoms with E-state index in [2.05, 4.69) is 10.6 Å². The molecule has 3 aromatic carbocycles. The number of benzene rings is 3. The van der Waals surface area contributed by atoms with Crippen LogP contribution in [-0.2, 0) is 16.8 Å². The van der Waals surface area contributed by atoms with Gasteiger partial charge in [-0.15, -0.1) is 0 Å². The maximum absolute atomic E-state index is 15.8. The SMILES string of the molecule is CNC(=O)c1ccc(OC)c(F)c1-c1c(Cl)ccc2c1C[C@@](CNC(=O)OC(C)(C)C)(c1ccccc1)O2. The van der Waals surface area contributed by atoms with Gasteiger partial charge in [-0.3, -0.25) is 4.79 Å². The minimum Gasteiger partial charge on any atom is -0.494 e. The molecule has 0 bridgehead atoms. The molecule has 9 heteroatoms. The highest BCUT2D eigenvalue weighted by Gasteiger charge is 2.44. The Balaban J connectivity index is 1.85. The molecule has 2 amide bonds. The molecule has 1 aliphatic rings. The molecule has 0 saturated carbocycles. The second-order valence-electron chi connectivity index (χ2n) is 9.98. The van der Waals surface area contributed by atoms with Crippen molar-refractivity contribution in [3.05, 3.63) is 82.1 Å². The van der Waals surface area contributed by atoms with Crippen LogP contribution in [0, 0.1) is 5.82 Å². The van der Waals surface area contributed by atoms with E-state index in [1.54, 1.807) is 32.9 Å². The fourth-order valence-electron chi connectivity index (χ4n) is 4.59. The van der Waals surface area contributed by atoms with E-state index >= 15 is 4.39 Å². The molecule has 200 valence electrons. The zero-order chi connectivity index (χ0) is 27.7. The minimum atomic E-state index is -1.04. The summed E-state index contributed by atoms with van der Waals surface area (Å²) in [4.78, 5) is 25.3. The van der Waals surface area contributed by atoms with Gasteiger partial charge in [-0.05, 0) is 50.6 Å². The van der Waals surface area contributed by atoms with Crippen LogP contribution in [0.3, 0.4) is 0 Å². The van der Waals surface area contributed by atoms with Gasteiger partial charge in [0.1, 0.15) is 11.4 Å². The molecule has 0 unspecified atom stereocenters. The van der Waals surface area contributed by atoms with Gasteiger partial charge in [-0.25, -0.2) is 9.18 Å². The van der Waals surface area contributed by atoms with Gasteiger partial charge in [0.2, 0.25) is 0 Å². The normalized spacial score (nSPS) is 16.3. The zero-order valence-electron chi connectivity index (χ0n) is 21.9. The van der Waals surface area contributed by atoms with E-state index in [0.717, 1.165) is 5.56 Å². The Morgan fingerprint density at radius 1 is 1.08 bits per heavy atom. The van der Waals surface area contributed by atoms with Crippen LogP contribution in [-0.4, -0.2) is 38.3 Å². The maximum atomic E-state index is 15.8. The maximum Gasteiger partial charge on any atom is 0.407 e. The zero-order valence-corrected chi connectivity index (χ0v) is 22.7. The number of carbonyl (C=O) groups excluding carboxylic acids is 2. The minimum absolute atomic E-state index is 0.0121. The van der Waals surface area contributed by atoms with Gasteiger partial charge in [0.25, 0.3) is 5.91 Å². The van der Waals surface area contributed by atoms with E-state index in [0.29, 0.717) is 16.9 Å². The molecular weight excluding hydrogens is 511 g/mol. The number of methoxy groups -OCH3 is 1. The van der Waals surface area contributed by atoms with E-state index < -0.39 is 29.0 Å². The number of halogens is 2. The van der Waals surface area contributed by atoms with Gasteiger partial charge in [0.05, 0.1) is 19.2 Å². The first-order valence-electron chi connectivity index (χ1n) is 12.1. The van der Waals surface area contributed by atoms with Crippen LogP contribution in [0.4, 0.5) is 9.18 Å². The first-order chi connectivity index (χ1) is 18.0. The number of alkyl carbamates (subject to hydrolysis) is 1. The van der Waals surface area contributed by atoms with Crippen LogP contribution in [0.25, 0.3) is 11.1 Å². The van der Waals surface area contributed by atoms with Crippen LogP contribution in [0.15, 0.2) is 54.6 Å². The molecule has 1 atom stereocenters. The highest BCUT2D eigenvalue weighted by molar-refractivity contribution is 6.34. The van der Waals surface area contributed by atoms with Gasteiger partial charge in [0, 0.05) is 35.2 Å². The van der Waals surface area contributed by atoms with E-state index in [1.165, 1.54) is 26.3 Å². The predicted molar refractivity (Wildman–Crippen MR) is 143 cm³/mol. The lowest BCUT2D eigenvalue weighted by molar-refractivity contribution is 0.0415. The molecule has 0 saturated heterocycles. The quantitative estimate of drug-likeness (QED) is 0.408. The van der Waals surface area contributed by atoms with E-state index in [9.17, 15) is 9.59 Å². The fraction of sp³-hybridized carbons (Fsp3) is 0.310. The summed E-state index contributed by atoms with van der Waals surface area (Å²) in [5, 5.41) is 5.62. The van der Waals surface area contributed by atoms with Crippen LogP contribution in [0.5, 0.6) is 11.5 Å². The molecule has 0 spiro atoms. The van der Waals surface area contributed by atoms with Gasteiger partial charge in [0.15, 0.2) is 17.2 Å². The summed E-state index contributed by atoms with van der Waals surface area (Å²) in [6.45, 7) is 5.41. The first kappa shape index (κ1) is 27.3. The van der Waals surface area contributed by atoms with Crippen molar-refractivity contribution < 1.29 is 28.2 Å². The summed E-state index contributed by atoms with van der Waals surface area (Å²) in [5.41, 5.74) is 0.126. The lowest BCUT2D eigenvalue weighted by atomic mass is 9.85. The van der Waals surface area contributed by atoms with Crippen LogP contribution in [0.1, 0.15) is 42.3 Å². The number of fused-ring (bicyclic) bond motifs is 1. The molecule has 0 radical (unpaired) electrons. The average Bonchev–Trinajstić information content (AvgIpc) is 3.27. The lowest BCUT2D eigenvalue weighted by Crippen LogP contribution is -2.45. The predicted octanol–water partition coefficient (Wildman–Crippen LogP) is 5.87. The van der Waals surface area contributed by atoms with Crippen molar-refractivity contribution in [2.45, 2.75) is 38.4 Å². The van der Waals surface area contributed by atoms with E-state index in [1.807, 2.05) is 30.3 Å². The van der Waals surface area contributed by atoms with Crippen molar-refractivity contribution in [1.82, 2.24) is 10.6 Å². The fourth-order valence-corrected chi connectivity index (χ4v) is 4.86. The summed E-state index contributed by atoms with van der Waals surface area (Å²) < 4.78 is 33.0. The van der Waals surface area contributed by atoms with Crippen LogP contribution < -0.4 is 20.1 Å². The molecule has 0 fully saturated rings. The molecular formula is C29H30ClFN2O5. The molecule has 0 aromatic heterocycles. The Kier molecular flexibility index (Phi) is 7.56. The Labute approximate surface area is 226 Å². The largest absolute Gasteiger partial charge is 0.494 e. The summed E-state index contributed by atoms with van der Waals surface area (Å²) in [5.74, 6) is -0.756. The molecule has 7 nitrogen and oxygen atoms in total. The monoisotopic (exact) mass is 540 g/mol. The van der Waals surface area contributed by atoms with Crippen molar-refractivity contribution in [2.24, 2.45) is 0 Å². The molecule has 2 N–H and O–H groups in total. The second kappa shape index (κ2) is 10.5. The summed E-state index contributed by atoms with van der Waals surface area (Å²) in [6, 6.07) is 15.6. The number of carbonyl (C=O) groups is 2. The summed E-state index contributed by atoms with van der Waals surface area (Å²) >= 11 is 6.68. The standard InChI is InChI=1S/C29H30ClFN2O5/c1-28(2,3)38-27(35)33-16-29(17-9-7-6-8-10-17)15-19-21(37-29)14-12-20(30)23(19)24-18(26(34)32-4)11-13-22(36-5)25(24)31/h6-14H,15-16H2,1-5H3,(H,32,34)(H,33,35)/t29-/m1/s1. The van der Waals surface area contributed by atoms with Crippen molar-refractivity contribution in [3.63, 3.8) is 0 Å². The third-order valence-electron chi connectivity index (χ3n) is 6.25. The Morgan fingerprint density at radius 2 is 1.79 bits per heavy atom. The number of nitrogens with one attached hydrogen (secondary N) is 2. The number of amides is 2. The Morgan fingerprint density at radius 3 is 2.42 bits per heavy atom. The second-order valence-corrected chi connectivity index (χ2v) is 10.4. The molecule has 4 rings (SSSR count). The lowest BCUT2D eigenvalue weighted by Gasteiger charge is -2.30. The third-order valence-corrected chi connectivity index (χ3v) is 6.57. The van der Waals surface area contributed by atoms with E-state index in [-0.39, 0.29) is 34.9 Å².